The van der Waals surface area contributed by atoms with Gasteiger partial charge in [0.15, 0.2) is 0 Å². The molecule has 0 aliphatic rings. The molecule has 0 saturated heterocycles. The van der Waals surface area contributed by atoms with Gasteiger partial charge in [0.05, 0.1) is 11.6 Å². The number of hydrogen-bond acceptors (Lipinski definition) is 4. The first-order valence-corrected chi connectivity index (χ1v) is 6.43. The van der Waals surface area contributed by atoms with Crippen molar-refractivity contribution in [3.05, 3.63) is 26.4 Å². The number of likely N-dealkylation sites (N-methyl/N-ethyl adjacent to an activating group) is 1. The van der Waals surface area contributed by atoms with Crippen molar-refractivity contribution in [3.63, 3.8) is 0 Å². The van der Waals surface area contributed by atoms with Crippen LogP contribution in [0.2, 0.25) is 0 Å². The summed E-state index contributed by atoms with van der Waals surface area (Å²) in [5, 5.41) is 10.1. The number of nitrogens with zero attached hydrogens (tertiary/aromatic N) is 2. The van der Waals surface area contributed by atoms with Crippen LogP contribution in [0.5, 0.6) is 5.88 Å². The maximum atomic E-state index is 11.9. The molecule has 0 bridgehead atoms. The van der Waals surface area contributed by atoms with Crippen molar-refractivity contribution in [1.82, 2.24) is 14.5 Å². The molecule has 6 nitrogen and oxygen atoms in total. The molecule has 2 N–H and O–H groups in total. The van der Waals surface area contributed by atoms with E-state index in [9.17, 15) is 14.7 Å². The summed E-state index contributed by atoms with van der Waals surface area (Å²) in [6.07, 6.45) is 0.747. The summed E-state index contributed by atoms with van der Waals surface area (Å²) in [6, 6.07) is -0.168. The van der Waals surface area contributed by atoms with Crippen LogP contribution >= 0.6 is 0 Å². The summed E-state index contributed by atoms with van der Waals surface area (Å²) < 4.78 is 1.29. The minimum atomic E-state index is -0.555. The fraction of sp³-hybridized carbons (Fsp3) is 0.692. The van der Waals surface area contributed by atoms with Crippen LogP contribution < -0.4 is 11.2 Å². The second-order valence-electron chi connectivity index (χ2n) is 5.62. The molecule has 1 rings (SSSR count). The third-order valence-electron chi connectivity index (χ3n) is 3.03. The van der Waals surface area contributed by atoms with Gasteiger partial charge >= 0.3 is 5.69 Å². The fourth-order valence-electron chi connectivity index (χ4n) is 2.20. The van der Waals surface area contributed by atoms with Crippen LogP contribution in [0.15, 0.2) is 9.59 Å². The molecular formula is C13H23N3O3. The third kappa shape index (κ3) is 3.70. The number of aromatic nitrogens is 2. The van der Waals surface area contributed by atoms with E-state index in [0.717, 1.165) is 6.42 Å². The Bertz CT molecular complexity index is 533. The molecule has 6 heteroatoms. The number of aromatic amines is 1. The van der Waals surface area contributed by atoms with Crippen LogP contribution in [0.3, 0.4) is 0 Å². The average molecular weight is 269 g/mol. The number of H-pyrrole nitrogens is 1. The molecule has 108 valence electrons. The van der Waals surface area contributed by atoms with E-state index in [2.05, 4.69) is 18.8 Å². The van der Waals surface area contributed by atoms with Crippen molar-refractivity contribution >= 4 is 0 Å². The summed E-state index contributed by atoms with van der Waals surface area (Å²) in [6.45, 7) is 6.25. The summed E-state index contributed by atoms with van der Waals surface area (Å²) in [5.41, 5.74) is -0.917. The smallest absolute Gasteiger partial charge is 0.331 e. The van der Waals surface area contributed by atoms with Crippen LogP contribution in [0.25, 0.3) is 0 Å². The van der Waals surface area contributed by atoms with Gasteiger partial charge in [-0.05, 0) is 33.4 Å². The van der Waals surface area contributed by atoms with E-state index in [1.807, 2.05) is 19.0 Å². The van der Waals surface area contributed by atoms with Crippen molar-refractivity contribution in [2.24, 2.45) is 5.92 Å². The predicted molar refractivity (Wildman–Crippen MR) is 74.8 cm³/mol. The van der Waals surface area contributed by atoms with E-state index in [1.165, 1.54) is 11.5 Å². The van der Waals surface area contributed by atoms with Gasteiger partial charge in [0.2, 0.25) is 5.88 Å². The summed E-state index contributed by atoms with van der Waals surface area (Å²) in [4.78, 5) is 27.6. The molecule has 19 heavy (non-hydrogen) atoms. The van der Waals surface area contributed by atoms with Crippen LogP contribution in [-0.4, -0.2) is 40.2 Å². The molecule has 0 amide bonds. The quantitative estimate of drug-likeness (QED) is 0.824. The van der Waals surface area contributed by atoms with E-state index in [4.69, 9.17) is 0 Å². The minimum absolute atomic E-state index is 0.168. The molecule has 0 saturated carbocycles. The lowest BCUT2D eigenvalue weighted by Gasteiger charge is -2.25. The van der Waals surface area contributed by atoms with Gasteiger partial charge in [-0.3, -0.25) is 14.3 Å². The minimum Gasteiger partial charge on any atom is -0.494 e. The standard InChI is InChI=1S/C13H23N3O3/c1-8(2)6-10(7-15(4)5)16-12(18)9(3)11(17)14-13(16)19/h8,10,18H,6-7H2,1-5H3,(H,14,17,19). The molecule has 0 aliphatic heterocycles. The lowest BCUT2D eigenvalue weighted by atomic mass is 10.0. The Balaban J connectivity index is 3.33. The first-order valence-electron chi connectivity index (χ1n) is 6.43. The highest BCUT2D eigenvalue weighted by Gasteiger charge is 2.21. The molecular weight excluding hydrogens is 246 g/mol. The maximum Gasteiger partial charge on any atom is 0.331 e. The fourth-order valence-corrected chi connectivity index (χ4v) is 2.20. The maximum absolute atomic E-state index is 11.9. The summed E-state index contributed by atoms with van der Waals surface area (Å²) in [5.74, 6) is 0.143. The first kappa shape index (κ1) is 15.5. The molecule has 0 spiro atoms. The largest absolute Gasteiger partial charge is 0.494 e. The monoisotopic (exact) mass is 269 g/mol. The Morgan fingerprint density at radius 1 is 1.32 bits per heavy atom. The molecule has 1 aromatic heterocycles. The number of hydrogen-bond donors (Lipinski definition) is 2. The van der Waals surface area contributed by atoms with E-state index in [0.29, 0.717) is 12.5 Å². The number of nitrogens with one attached hydrogen (secondary N) is 1. The van der Waals surface area contributed by atoms with Crippen LogP contribution in [-0.2, 0) is 0 Å². The zero-order chi connectivity index (χ0) is 14.7. The second kappa shape index (κ2) is 6.06. The number of rotatable bonds is 5. The van der Waals surface area contributed by atoms with E-state index >= 15 is 0 Å². The molecule has 0 fully saturated rings. The van der Waals surface area contributed by atoms with Gasteiger partial charge in [0.1, 0.15) is 0 Å². The van der Waals surface area contributed by atoms with Gasteiger partial charge in [-0.25, -0.2) is 4.79 Å². The van der Waals surface area contributed by atoms with Gasteiger partial charge in [-0.15, -0.1) is 0 Å². The summed E-state index contributed by atoms with van der Waals surface area (Å²) >= 11 is 0. The van der Waals surface area contributed by atoms with Gasteiger partial charge in [-0.2, -0.15) is 0 Å². The molecule has 0 aromatic carbocycles. The Labute approximate surface area is 112 Å². The zero-order valence-corrected chi connectivity index (χ0v) is 12.2. The van der Waals surface area contributed by atoms with Crippen LogP contribution in [0, 0.1) is 12.8 Å². The lowest BCUT2D eigenvalue weighted by Crippen LogP contribution is -2.37. The highest BCUT2D eigenvalue weighted by Crippen LogP contribution is 2.22. The highest BCUT2D eigenvalue weighted by atomic mass is 16.3. The van der Waals surface area contributed by atoms with Crippen molar-refractivity contribution in [2.45, 2.75) is 33.2 Å². The second-order valence-corrected chi connectivity index (χ2v) is 5.62. The van der Waals surface area contributed by atoms with Crippen LogP contribution in [0.1, 0.15) is 31.9 Å². The van der Waals surface area contributed by atoms with Crippen molar-refractivity contribution in [1.29, 1.82) is 0 Å². The first-order chi connectivity index (χ1) is 8.73. The predicted octanol–water partition coefficient (Wildman–Crippen LogP) is 0.699. The van der Waals surface area contributed by atoms with Crippen molar-refractivity contribution in [3.8, 4) is 5.88 Å². The molecule has 1 unspecified atom stereocenters. The SMILES string of the molecule is Cc1c(O)n(C(CC(C)C)CN(C)C)c(=O)[nH]c1=O. The van der Waals surface area contributed by atoms with E-state index in [-0.39, 0.29) is 17.5 Å². The Hall–Kier alpha value is -1.56. The van der Waals surface area contributed by atoms with E-state index in [1.54, 1.807) is 0 Å². The van der Waals surface area contributed by atoms with Crippen molar-refractivity contribution in [2.75, 3.05) is 20.6 Å². The Kier molecular flexibility index (Phi) is 4.94. The molecule has 1 atom stereocenters. The molecule has 1 aromatic rings. The average Bonchev–Trinajstić information content (AvgIpc) is 2.24. The zero-order valence-electron chi connectivity index (χ0n) is 12.2. The Morgan fingerprint density at radius 2 is 1.89 bits per heavy atom. The molecule has 1 heterocycles. The Morgan fingerprint density at radius 3 is 2.37 bits per heavy atom. The topological polar surface area (TPSA) is 78.3 Å². The highest BCUT2D eigenvalue weighted by molar-refractivity contribution is 5.21. The van der Waals surface area contributed by atoms with Gasteiger partial charge in [0.25, 0.3) is 5.56 Å². The normalized spacial score (nSPS) is 13.2. The van der Waals surface area contributed by atoms with E-state index < -0.39 is 11.2 Å². The third-order valence-corrected chi connectivity index (χ3v) is 3.03. The van der Waals surface area contributed by atoms with Crippen LogP contribution in [0.4, 0.5) is 0 Å². The number of aromatic hydroxyl groups is 1. The van der Waals surface area contributed by atoms with Gasteiger partial charge < -0.3 is 10.0 Å². The van der Waals surface area contributed by atoms with Crippen molar-refractivity contribution < 1.29 is 5.11 Å². The van der Waals surface area contributed by atoms with Gasteiger partial charge in [0, 0.05) is 6.54 Å². The molecule has 0 aliphatic carbocycles. The lowest BCUT2D eigenvalue weighted by molar-refractivity contribution is 0.258. The van der Waals surface area contributed by atoms with Gasteiger partial charge in [-0.1, -0.05) is 13.8 Å². The summed E-state index contributed by atoms with van der Waals surface area (Å²) in [7, 11) is 3.82. The molecule has 0 radical (unpaired) electrons.